The Morgan fingerprint density at radius 3 is 2.80 bits per heavy atom. The number of benzene rings is 1. The van der Waals surface area contributed by atoms with Crippen LogP contribution in [0.3, 0.4) is 0 Å². The second-order valence-electron chi connectivity index (χ2n) is 3.99. The van der Waals surface area contributed by atoms with Gasteiger partial charge in [0, 0.05) is 17.5 Å². The van der Waals surface area contributed by atoms with Gasteiger partial charge in [-0.15, -0.1) is 0 Å². The van der Waals surface area contributed by atoms with Crippen LogP contribution in [0, 0.1) is 5.92 Å². The van der Waals surface area contributed by atoms with Crippen molar-refractivity contribution >= 4 is 0 Å². The van der Waals surface area contributed by atoms with Gasteiger partial charge in [-0.25, -0.2) is 0 Å². The number of hydrogen-bond acceptors (Lipinski definition) is 2. The van der Waals surface area contributed by atoms with Crippen LogP contribution in [0.5, 0.6) is 5.75 Å². The Balaban J connectivity index is 2.07. The zero-order valence-electron chi connectivity index (χ0n) is 8.34. The van der Waals surface area contributed by atoms with Gasteiger partial charge in [-0.3, -0.25) is 0 Å². The van der Waals surface area contributed by atoms with Crippen LogP contribution in [-0.2, 0) is 0 Å². The molecule has 0 radical (unpaired) electrons. The number of hydrogen-bond donors (Lipinski definition) is 1. The zero-order valence-corrected chi connectivity index (χ0v) is 8.34. The van der Waals surface area contributed by atoms with E-state index in [2.05, 4.69) is 12.2 Å². The number of fused-ring (bicyclic) bond motifs is 2. The second-order valence-corrected chi connectivity index (χ2v) is 3.99. The fraction of sp³-hybridized carbons (Fsp3) is 0.231. The van der Waals surface area contributed by atoms with Crippen LogP contribution in [0.25, 0.3) is 0 Å². The number of nitrogens with two attached hydrogens (primary N) is 1. The van der Waals surface area contributed by atoms with Gasteiger partial charge in [0.1, 0.15) is 11.9 Å². The summed E-state index contributed by atoms with van der Waals surface area (Å²) in [6.45, 7) is 0. The minimum Gasteiger partial charge on any atom is -0.485 e. The van der Waals surface area contributed by atoms with Gasteiger partial charge in [-0.2, -0.15) is 0 Å². The molecule has 0 saturated heterocycles. The summed E-state index contributed by atoms with van der Waals surface area (Å²) in [6.07, 6.45) is 8.35. The Morgan fingerprint density at radius 2 is 1.87 bits per heavy atom. The molecule has 0 aromatic heterocycles. The molecule has 0 amide bonds. The predicted molar refractivity (Wildman–Crippen MR) is 59.6 cm³/mol. The van der Waals surface area contributed by atoms with Crippen LogP contribution in [0.2, 0.25) is 0 Å². The highest BCUT2D eigenvalue weighted by Crippen LogP contribution is 2.38. The van der Waals surface area contributed by atoms with Crippen molar-refractivity contribution in [3.63, 3.8) is 0 Å². The molecule has 3 rings (SSSR count). The van der Waals surface area contributed by atoms with Crippen molar-refractivity contribution in [1.29, 1.82) is 0 Å². The maximum absolute atomic E-state index is 6.24. The molecular weight excluding hydrogens is 186 g/mol. The lowest BCUT2D eigenvalue weighted by molar-refractivity contribution is 0.157. The molecule has 0 fully saturated rings. The quantitative estimate of drug-likeness (QED) is 0.695. The number of para-hydroxylation sites is 1. The van der Waals surface area contributed by atoms with E-state index in [4.69, 9.17) is 10.5 Å². The van der Waals surface area contributed by atoms with Gasteiger partial charge in [0.2, 0.25) is 0 Å². The summed E-state index contributed by atoms with van der Waals surface area (Å²) in [6, 6.07) is 8.06. The zero-order chi connectivity index (χ0) is 10.3. The lowest BCUT2D eigenvalue weighted by Gasteiger charge is -2.36. The third-order valence-electron chi connectivity index (χ3n) is 3.08. The molecule has 1 aliphatic carbocycles. The second kappa shape index (κ2) is 3.24. The maximum Gasteiger partial charge on any atom is 0.125 e. The van der Waals surface area contributed by atoms with Crippen molar-refractivity contribution in [2.24, 2.45) is 11.7 Å². The summed E-state index contributed by atoms with van der Waals surface area (Å²) in [5.41, 5.74) is 7.35. The van der Waals surface area contributed by atoms with E-state index in [0.29, 0.717) is 0 Å². The van der Waals surface area contributed by atoms with Gasteiger partial charge in [0.25, 0.3) is 0 Å². The molecule has 76 valence electrons. The molecule has 3 unspecified atom stereocenters. The first-order valence-corrected chi connectivity index (χ1v) is 5.22. The Hall–Kier alpha value is -1.54. The molecule has 0 saturated carbocycles. The number of ether oxygens (including phenoxy) is 1. The Bertz CT molecular complexity index is 436. The molecule has 2 nitrogen and oxygen atoms in total. The molecule has 1 aliphatic heterocycles. The van der Waals surface area contributed by atoms with Crippen LogP contribution in [0.15, 0.2) is 48.6 Å². The third kappa shape index (κ3) is 1.29. The fourth-order valence-corrected chi connectivity index (χ4v) is 2.26. The SMILES string of the molecule is NC1c2ccccc2OC2C=CC=CC21. The number of rotatable bonds is 0. The summed E-state index contributed by atoms with van der Waals surface area (Å²) in [4.78, 5) is 0. The summed E-state index contributed by atoms with van der Waals surface area (Å²) in [5.74, 6) is 1.19. The molecular formula is C13H13NO. The van der Waals surface area contributed by atoms with E-state index < -0.39 is 0 Å². The Morgan fingerprint density at radius 1 is 1.07 bits per heavy atom. The van der Waals surface area contributed by atoms with Crippen molar-refractivity contribution in [2.75, 3.05) is 0 Å². The predicted octanol–water partition coefficient (Wildman–Crippen LogP) is 2.19. The average Bonchev–Trinajstić information content (AvgIpc) is 2.30. The molecule has 15 heavy (non-hydrogen) atoms. The van der Waals surface area contributed by atoms with Crippen molar-refractivity contribution in [2.45, 2.75) is 12.1 Å². The smallest absolute Gasteiger partial charge is 0.125 e. The highest BCUT2D eigenvalue weighted by Gasteiger charge is 2.33. The summed E-state index contributed by atoms with van der Waals surface area (Å²) < 4.78 is 5.89. The highest BCUT2D eigenvalue weighted by molar-refractivity contribution is 5.41. The minimum absolute atomic E-state index is 0.0427. The average molecular weight is 199 g/mol. The lowest BCUT2D eigenvalue weighted by atomic mass is 9.84. The van der Waals surface area contributed by atoms with Crippen LogP contribution in [0.4, 0.5) is 0 Å². The molecule has 2 N–H and O–H groups in total. The van der Waals surface area contributed by atoms with E-state index in [1.54, 1.807) is 0 Å². The summed E-state index contributed by atoms with van der Waals surface area (Å²) >= 11 is 0. The van der Waals surface area contributed by atoms with Gasteiger partial charge in [0.05, 0.1) is 0 Å². The lowest BCUT2D eigenvalue weighted by Crippen LogP contribution is -2.38. The molecule has 3 atom stereocenters. The Kier molecular flexibility index (Phi) is 1.89. The minimum atomic E-state index is 0.0427. The van der Waals surface area contributed by atoms with E-state index >= 15 is 0 Å². The normalized spacial score (nSPS) is 31.7. The molecule has 0 bridgehead atoms. The molecule has 1 aromatic carbocycles. The van der Waals surface area contributed by atoms with Crippen LogP contribution in [0.1, 0.15) is 11.6 Å². The van der Waals surface area contributed by atoms with E-state index in [0.717, 1.165) is 11.3 Å². The van der Waals surface area contributed by atoms with E-state index in [9.17, 15) is 0 Å². The van der Waals surface area contributed by atoms with Crippen molar-refractivity contribution < 1.29 is 4.74 Å². The maximum atomic E-state index is 6.24. The largest absolute Gasteiger partial charge is 0.485 e. The monoisotopic (exact) mass is 199 g/mol. The molecule has 2 heteroatoms. The van der Waals surface area contributed by atoms with Crippen LogP contribution in [-0.4, -0.2) is 6.10 Å². The van der Waals surface area contributed by atoms with Crippen molar-refractivity contribution in [3.8, 4) is 5.75 Å². The Labute approximate surface area is 89.0 Å². The van der Waals surface area contributed by atoms with Gasteiger partial charge >= 0.3 is 0 Å². The summed E-state index contributed by atoms with van der Waals surface area (Å²) in [7, 11) is 0. The van der Waals surface area contributed by atoms with Crippen molar-refractivity contribution in [3.05, 3.63) is 54.1 Å². The first-order chi connectivity index (χ1) is 7.36. The first-order valence-electron chi connectivity index (χ1n) is 5.22. The standard InChI is InChI=1S/C13H13NO/c14-13-9-5-1-3-7-11(9)15-12-8-4-2-6-10(12)13/h1-9,11,13H,14H2. The molecule has 0 spiro atoms. The van der Waals surface area contributed by atoms with Gasteiger partial charge in [0.15, 0.2) is 0 Å². The fourth-order valence-electron chi connectivity index (χ4n) is 2.26. The van der Waals surface area contributed by atoms with E-state index in [1.807, 2.05) is 36.4 Å². The van der Waals surface area contributed by atoms with E-state index in [1.165, 1.54) is 0 Å². The third-order valence-corrected chi connectivity index (χ3v) is 3.08. The number of allylic oxidation sites excluding steroid dienone is 2. The van der Waals surface area contributed by atoms with Gasteiger partial charge in [-0.1, -0.05) is 36.4 Å². The van der Waals surface area contributed by atoms with Crippen LogP contribution >= 0.6 is 0 Å². The molecule has 1 aromatic rings. The van der Waals surface area contributed by atoms with Crippen molar-refractivity contribution in [1.82, 2.24) is 0 Å². The van der Waals surface area contributed by atoms with Gasteiger partial charge < -0.3 is 10.5 Å². The topological polar surface area (TPSA) is 35.2 Å². The molecule has 1 heterocycles. The van der Waals surface area contributed by atoms with Crippen LogP contribution < -0.4 is 10.5 Å². The highest BCUT2D eigenvalue weighted by atomic mass is 16.5. The van der Waals surface area contributed by atoms with Gasteiger partial charge in [-0.05, 0) is 12.1 Å². The first kappa shape index (κ1) is 8.74. The summed E-state index contributed by atoms with van der Waals surface area (Å²) in [5, 5.41) is 0. The van der Waals surface area contributed by atoms with E-state index in [-0.39, 0.29) is 18.1 Å². The molecule has 2 aliphatic rings.